The molecule has 0 fully saturated rings. The van der Waals surface area contributed by atoms with Crippen molar-refractivity contribution in [2.24, 2.45) is 4.99 Å². The summed E-state index contributed by atoms with van der Waals surface area (Å²) in [5.74, 6) is -0.896. The Hall–Kier alpha value is -2.85. The average Bonchev–Trinajstić information content (AvgIpc) is 2.63. The Labute approximate surface area is 158 Å². The van der Waals surface area contributed by atoms with E-state index in [2.05, 4.69) is 27.0 Å². The first-order valence-electron chi connectivity index (χ1n) is 7.18. The van der Waals surface area contributed by atoms with E-state index in [1.807, 2.05) is 30.3 Å². The minimum absolute atomic E-state index is 0.0816. The Balaban J connectivity index is 2.16. The number of rotatable bonds is 6. The highest BCUT2D eigenvalue weighted by Gasteiger charge is 2.22. The fourth-order valence-corrected chi connectivity index (χ4v) is 2.68. The molecule has 136 valence electrons. The van der Waals surface area contributed by atoms with Crippen LogP contribution in [0.5, 0.6) is 0 Å². The van der Waals surface area contributed by atoms with Crippen LogP contribution in [0, 0.1) is 0 Å². The van der Waals surface area contributed by atoms with Crippen molar-refractivity contribution in [3.05, 3.63) is 46.7 Å². The normalized spacial score (nSPS) is 11.4. The number of nitrogen functional groups attached to an aromatic ring is 2. The van der Waals surface area contributed by atoms with Gasteiger partial charge in [0, 0.05) is 6.42 Å². The summed E-state index contributed by atoms with van der Waals surface area (Å²) >= 11 is 6.51. The zero-order chi connectivity index (χ0) is 19.1. The Kier molecular flexibility index (Phi) is 6.75. The van der Waals surface area contributed by atoms with E-state index in [1.165, 1.54) is 0 Å². The van der Waals surface area contributed by atoms with Gasteiger partial charge in [-0.1, -0.05) is 41.9 Å². The highest BCUT2D eigenvalue weighted by atomic mass is 35.5. The van der Waals surface area contributed by atoms with Crippen molar-refractivity contribution in [1.82, 2.24) is 15.3 Å². The molecule has 2 amide bonds. The van der Waals surface area contributed by atoms with Gasteiger partial charge in [0.15, 0.2) is 22.5 Å². The van der Waals surface area contributed by atoms with Crippen LogP contribution in [-0.2, 0) is 10.6 Å². The van der Waals surface area contributed by atoms with E-state index in [4.69, 9.17) is 27.3 Å². The van der Waals surface area contributed by atoms with E-state index in [0.717, 1.165) is 17.6 Å². The number of anilines is 2. The van der Waals surface area contributed by atoms with Gasteiger partial charge in [-0.05, 0) is 12.3 Å². The second-order valence-electron chi connectivity index (χ2n) is 4.89. The molecule has 26 heavy (non-hydrogen) atoms. The molecule has 1 atom stereocenters. The molecule has 5 N–H and O–H groups in total. The Morgan fingerprint density at radius 2 is 1.96 bits per heavy atom. The Morgan fingerprint density at radius 1 is 1.27 bits per heavy atom. The van der Waals surface area contributed by atoms with Crippen LogP contribution in [0.1, 0.15) is 16.1 Å². The smallest absolute Gasteiger partial charge is 0.382 e. The van der Waals surface area contributed by atoms with Crippen molar-refractivity contribution in [3.63, 3.8) is 0 Å². The van der Waals surface area contributed by atoms with E-state index >= 15 is 0 Å². The second-order valence-corrected chi connectivity index (χ2v) is 6.18. The number of hydrogen-bond donors (Lipinski definition) is 3. The molecule has 11 heteroatoms. The lowest BCUT2D eigenvalue weighted by molar-refractivity contribution is 0.0944. The third-order valence-corrected chi connectivity index (χ3v) is 4.07. The number of hydrogen-bond acceptors (Lipinski definition) is 8. The summed E-state index contributed by atoms with van der Waals surface area (Å²) in [6.07, 6.45) is -0.519. The first-order chi connectivity index (χ1) is 12.4. The number of carbonyl (C=O) groups excluding carboxylic acids is 2. The summed E-state index contributed by atoms with van der Waals surface area (Å²) in [6.45, 7) is 3.07. The van der Waals surface area contributed by atoms with Crippen molar-refractivity contribution in [2.75, 3.05) is 11.5 Å². The molecule has 0 saturated carbocycles. The molecular formula is C15H15ClN6O3S. The SMILES string of the molecule is C=NC(=O)OSC(Cc1ccccc1)NC(=O)c1nc(Cl)c(N)nc1N. The monoisotopic (exact) mass is 394 g/mol. The lowest BCUT2D eigenvalue weighted by Gasteiger charge is -2.17. The molecule has 0 saturated heterocycles. The summed E-state index contributed by atoms with van der Waals surface area (Å²) in [5.41, 5.74) is 11.9. The molecule has 0 radical (unpaired) electrons. The molecular weight excluding hydrogens is 380 g/mol. The maximum atomic E-state index is 12.5. The fourth-order valence-electron chi connectivity index (χ4n) is 1.89. The van der Waals surface area contributed by atoms with Gasteiger partial charge in [-0.25, -0.2) is 14.8 Å². The van der Waals surface area contributed by atoms with Crippen molar-refractivity contribution in [1.29, 1.82) is 0 Å². The molecule has 0 bridgehead atoms. The van der Waals surface area contributed by atoms with E-state index in [1.54, 1.807) is 0 Å². The van der Waals surface area contributed by atoms with Crippen molar-refractivity contribution < 1.29 is 13.8 Å². The van der Waals surface area contributed by atoms with Crippen LogP contribution in [0.2, 0.25) is 5.15 Å². The second kappa shape index (κ2) is 9.02. The zero-order valence-corrected chi connectivity index (χ0v) is 15.0. The van der Waals surface area contributed by atoms with Crippen LogP contribution in [0.4, 0.5) is 16.4 Å². The molecule has 1 aromatic heterocycles. The zero-order valence-electron chi connectivity index (χ0n) is 13.4. The number of aliphatic imine (C=N–C) groups is 1. The number of amides is 2. The maximum absolute atomic E-state index is 12.5. The average molecular weight is 395 g/mol. The van der Waals surface area contributed by atoms with Gasteiger partial charge in [0.05, 0.1) is 12.0 Å². The number of aromatic nitrogens is 2. The van der Waals surface area contributed by atoms with Gasteiger partial charge in [-0.3, -0.25) is 4.79 Å². The molecule has 2 rings (SSSR count). The van der Waals surface area contributed by atoms with Gasteiger partial charge in [-0.15, -0.1) is 0 Å². The fraction of sp³-hybridized carbons (Fsp3) is 0.133. The molecule has 0 aliphatic heterocycles. The van der Waals surface area contributed by atoms with E-state index in [0.29, 0.717) is 6.42 Å². The summed E-state index contributed by atoms with van der Waals surface area (Å²) in [6, 6.07) is 9.28. The van der Waals surface area contributed by atoms with Gasteiger partial charge in [0.2, 0.25) is 0 Å². The number of nitrogens with one attached hydrogen (secondary N) is 1. The predicted molar refractivity (Wildman–Crippen MR) is 101 cm³/mol. The molecule has 0 spiro atoms. The van der Waals surface area contributed by atoms with Gasteiger partial charge >= 0.3 is 6.09 Å². The molecule has 0 aliphatic rings. The lowest BCUT2D eigenvalue weighted by atomic mass is 10.1. The molecule has 2 aromatic rings. The highest BCUT2D eigenvalue weighted by molar-refractivity contribution is 7.95. The topological polar surface area (TPSA) is 146 Å². The number of nitrogens with zero attached hydrogens (tertiary/aromatic N) is 3. The van der Waals surface area contributed by atoms with E-state index in [-0.39, 0.29) is 22.5 Å². The van der Waals surface area contributed by atoms with E-state index in [9.17, 15) is 9.59 Å². The van der Waals surface area contributed by atoms with Crippen LogP contribution in [-0.4, -0.2) is 34.1 Å². The van der Waals surface area contributed by atoms with Gasteiger partial charge in [-0.2, -0.15) is 4.99 Å². The third kappa shape index (κ3) is 5.33. The van der Waals surface area contributed by atoms with Gasteiger partial charge in [0.1, 0.15) is 5.37 Å². The van der Waals surface area contributed by atoms with Crippen LogP contribution < -0.4 is 16.8 Å². The maximum Gasteiger partial charge on any atom is 0.445 e. The Morgan fingerprint density at radius 3 is 2.62 bits per heavy atom. The number of carbonyl (C=O) groups is 2. The predicted octanol–water partition coefficient (Wildman–Crippen LogP) is 2.08. The molecule has 9 nitrogen and oxygen atoms in total. The summed E-state index contributed by atoms with van der Waals surface area (Å²) in [5, 5.41) is 1.87. The largest absolute Gasteiger partial charge is 0.445 e. The minimum atomic E-state index is -0.878. The highest BCUT2D eigenvalue weighted by Crippen LogP contribution is 2.20. The molecule has 1 heterocycles. The summed E-state index contributed by atoms with van der Waals surface area (Å²) in [4.78, 5) is 34.4. The Bertz CT molecular complexity index is 821. The van der Waals surface area contributed by atoms with E-state index < -0.39 is 17.4 Å². The molecule has 1 unspecified atom stereocenters. The van der Waals surface area contributed by atoms with Gasteiger partial charge < -0.3 is 21.0 Å². The quantitative estimate of drug-likeness (QED) is 0.383. The van der Waals surface area contributed by atoms with Crippen molar-refractivity contribution >= 4 is 54.0 Å². The molecule has 0 aliphatic carbocycles. The van der Waals surface area contributed by atoms with Crippen LogP contribution in [0.15, 0.2) is 35.3 Å². The lowest BCUT2D eigenvalue weighted by Crippen LogP contribution is -2.35. The van der Waals surface area contributed by atoms with Crippen molar-refractivity contribution in [3.8, 4) is 0 Å². The standard InChI is InChI=1S/C15H15ClN6O3S/c1-19-15(24)25-26-9(7-8-5-3-2-4-6-8)20-14(23)10-12(17)22-13(18)11(16)21-10/h2-6,9H,1,7H2,(H,20,23)(H4,17,18,22). The minimum Gasteiger partial charge on any atom is -0.382 e. The summed E-state index contributed by atoms with van der Waals surface area (Å²) < 4.78 is 4.86. The first-order valence-corrected chi connectivity index (χ1v) is 8.36. The van der Waals surface area contributed by atoms with Crippen molar-refractivity contribution in [2.45, 2.75) is 11.8 Å². The van der Waals surface area contributed by atoms with Crippen LogP contribution in [0.3, 0.4) is 0 Å². The van der Waals surface area contributed by atoms with Crippen LogP contribution in [0.25, 0.3) is 0 Å². The third-order valence-electron chi connectivity index (χ3n) is 3.04. The number of halogens is 1. The van der Waals surface area contributed by atoms with Gasteiger partial charge in [0.25, 0.3) is 5.91 Å². The first kappa shape index (κ1) is 19.5. The number of nitrogens with two attached hydrogens (primary N) is 2. The molecule has 1 aromatic carbocycles. The summed E-state index contributed by atoms with van der Waals surface area (Å²) in [7, 11) is 0. The van der Waals surface area contributed by atoms with Crippen LogP contribution >= 0.6 is 23.6 Å². The number of benzene rings is 1.